The number of hydrogen-bond acceptors (Lipinski definition) is 3. The van der Waals surface area contributed by atoms with Crippen LogP contribution in [0.15, 0.2) is 0 Å². The molecule has 0 radical (unpaired) electrons. The average molecular weight is 228 g/mol. The van der Waals surface area contributed by atoms with E-state index >= 15 is 0 Å². The number of hydrogen-bond donors (Lipinski definition) is 1. The average Bonchev–Trinajstić information content (AvgIpc) is 2.70. The maximum Gasteiger partial charge on any atom is 0.245 e. The van der Waals surface area contributed by atoms with Crippen LogP contribution in [0.25, 0.3) is 0 Å². The fourth-order valence-electron chi connectivity index (χ4n) is 2.26. The van der Waals surface area contributed by atoms with Gasteiger partial charge in [0.2, 0.25) is 11.8 Å². The fraction of sp³-hybridized carbons (Fsp3) is 0.800. The number of nitrogens with zero attached hydrogens (tertiary/aromatic N) is 1. The first-order valence-corrected chi connectivity index (χ1v) is 6.73. The van der Waals surface area contributed by atoms with Crippen LogP contribution in [-0.4, -0.2) is 47.4 Å². The van der Waals surface area contributed by atoms with E-state index in [1.807, 2.05) is 6.26 Å². The zero-order valence-corrected chi connectivity index (χ0v) is 9.68. The molecule has 0 saturated carbocycles. The maximum absolute atomic E-state index is 12.0. The van der Waals surface area contributed by atoms with Crippen LogP contribution in [0.3, 0.4) is 0 Å². The van der Waals surface area contributed by atoms with Crippen molar-refractivity contribution in [2.24, 2.45) is 0 Å². The molecule has 0 unspecified atom stereocenters. The Hall–Kier alpha value is -0.710. The maximum atomic E-state index is 12.0. The van der Waals surface area contributed by atoms with Gasteiger partial charge < -0.3 is 10.2 Å². The van der Waals surface area contributed by atoms with Gasteiger partial charge >= 0.3 is 0 Å². The molecule has 0 aromatic rings. The standard InChI is InChI=1S/C10H16N2O2S/c1-15-6-4-7-10(14)12-5-2-3-8(12)9(13)11-7/h7-8H,2-6H2,1H3,(H,11,13)/t7-,8+/m0/s1. The molecule has 2 heterocycles. The topological polar surface area (TPSA) is 49.4 Å². The third-order valence-electron chi connectivity index (χ3n) is 3.06. The summed E-state index contributed by atoms with van der Waals surface area (Å²) >= 11 is 1.70. The molecule has 1 N–H and O–H groups in total. The summed E-state index contributed by atoms with van der Waals surface area (Å²) in [5.74, 6) is 1.07. The molecular formula is C10H16N2O2S. The SMILES string of the molecule is CSCC[C@@H]1NC(=O)[C@H]2CCCN2C1=O. The lowest BCUT2D eigenvalue weighted by Gasteiger charge is -2.34. The van der Waals surface area contributed by atoms with Crippen LogP contribution in [0.4, 0.5) is 0 Å². The normalized spacial score (nSPS) is 30.3. The summed E-state index contributed by atoms with van der Waals surface area (Å²) in [6.45, 7) is 0.757. The van der Waals surface area contributed by atoms with Crippen molar-refractivity contribution in [2.45, 2.75) is 31.3 Å². The molecule has 0 spiro atoms. The third-order valence-corrected chi connectivity index (χ3v) is 3.71. The van der Waals surface area contributed by atoms with Crippen molar-refractivity contribution in [3.63, 3.8) is 0 Å². The highest BCUT2D eigenvalue weighted by Crippen LogP contribution is 2.23. The van der Waals surface area contributed by atoms with Crippen LogP contribution in [0.5, 0.6) is 0 Å². The van der Waals surface area contributed by atoms with Crippen molar-refractivity contribution in [2.75, 3.05) is 18.6 Å². The molecule has 4 nitrogen and oxygen atoms in total. The van der Waals surface area contributed by atoms with Gasteiger partial charge in [-0.2, -0.15) is 11.8 Å². The molecule has 2 aliphatic rings. The Morgan fingerprint density at radius 2 is 2.33 bits per heavy atom. The second-order valence-electron chi connectivity index (χ2n) is 4.03. The Bertz CT molecular complexity index is 283. The van der Waals surface area contributed by atoms with Gasteiger partial charge in [0.05, 0.1) is 0 Å². The van der Waals surface area contributed by atoms with E-state index < -0.39 is 0 Å². The van der Waals surface area contributed by atoms with Gasteiger partial charge in [0.15, 0.2) is 0 Å². The summed E-state index contributed by atoms with van der Waals surface area (Å²) in [4.78, 5) is 25.4. The Labute approximate surface area is 93.8 Å². The number of rotatable bonds is 3. The van der Waals surface area contributed by atoms with E-state index in [1.54, 1.807) is 16.7 Å². The summed E-state index contributed by atoms with van der Waals surface area (Å²) in [6.07, 6.45) is 4.54. The van der Waals surface area contributed by atoms with Gasteiger partial charge in [0.25, 0.3) is 0 Å². The Morgan fingerprint density at radius 3 is 3.07 bits per heavy atom. The second-order valence-corrected chi connectivity index (χ2v) is 5.02. The molecule has 84 valence electrons. The Kier molecular flexibility index (Phi) is 3.19. The third kappa shape index (κ3) is 1.97. The van der Waals surface area contributed by atoms with Crippen molar-refractivity contribution >= 4 is 23.6 Å². The quantitative estimate of drug-likeness (QED) is 0.752. The van der Waals surface area contributed by atoms with E-state index in [0.29, 0.717) is 0 Å². The van der Waals surface area contributed by atoms with Crippen LogP contribution >= 0.6 is 11.8 Å². The van der Waals surface area contributed by atoms with Gasteiger partial charge in [-0.05, 0) is 31.3 Å². The predicted molar refractivity (Wildman–Crippen MR) is 59.7 cm³/mol. The number of amides is 2. The number of fused-ring (bicyclic) bond motifs is 1. The van der Waals surface area contributed by atoms with E-state index in [1.165, 1.54) is 0 Å². The smallest absolute Gasteiger partial charge is 0.245 e. The van der Waals surface area contributed by atoms with Gasteiger partial charge in [-0.3, -0.25) is 9.59 Å². The summed E-state index contributed by atoms with van der Waals surface area (Å²) in [6, 6.07) is -0.456. The van der Waals surface area contributed by atoms with E-state index in [0.717, 1.165) is 31.6 Å². The minimum atomic E-state index is -0.278. The molecular weight excluding hydrogens is 212 g/mol. The van der Waals surface area contributed by atoms with Crippen molar-refractivity contribution in [1.29, 1.82) is 0 Å². The van der Waals surface area contributed by atoms with Crippen LogP contribution in [0, 0.1) is 0 Å². The number of thioether (sulfide) groups is 1. The Balaban J connectivity index is 2.03. The molecule has 2 saturated heterocycles. The highest BCUT2D eigenvalue weighted by Gasteiger charge is 2.42. The Morgan fingerprint density at radius 1 is 1.53 bits per heavy atom. The molecule has 2 aliphatic heterocycles. The number of carbonyl (C=O) groups is 2. The van der Waals surface area contributed by atoms with E-state index in [-0.39, 0.29) is 23.9 Å². The summed E-state index contributed by atoms with van der Waals surface area (Å²) < 4.78 is 0. The molecule has 2 rings (SSSR count). The molecule has 0 aromatic heterocycles. The lowest BCUT2D eigenvalue weighted by atomic mass is 10.1. The lowest BCUT2D eigenvalue weighted by molar-refractivity contribution is -0.147. The molecule has 0 bridgehead atoms. The monoisotopic (exact) mass is 228 g/mol. The van der Waals surface area contributed by atoms with Crippen LogP contribution in [0.1, 0.15) is 19.3 Å². The minimum absolute atomic E-state index is 0.0400. The van der Waals surface area contributed by atoms with Crippen LogP contribution < -0.4 is 5.32 Å². The van der Waals surface area contributed by atoms with Gasteiger partial charge in [-0.1, -0.05) is 0 Å². The molecule has 2 amide bonds. The highest BCUT2D eigenvalue weighted by atomic mass is 32.2. The van der Waals surface area contributed by atoms with Gasteiger partial charge in [0, 0.05) is 6.54 Å². The first kappa shape index (κ1) is 10.8. The fourth-order valence-corrected chi connectivity index (χ4v) is 2.74. The number of piperazine rings is 1. The predicted octanol–water partition coefficient (Wildman–Crippen LogP) is 0.229. The van der Waals surface area contributed by atoms with E-state index in [4.69, 9.17) is 0 Å². The number of carbonyl (C=O) groups excluding carboxylic acids is 2. The second kappa shape index (κ2) is 4.43. The van der Waals surface area contributed by atoms with Gasteiger partial charge in [-0.25, -0.2) is 0 Å². The van der Waals surface area contributed by atoms with E-state index in [2.05, 4.69) is 5.32 Å². The molecule has 0 aliphatic carbocycles. The first-order chi connectivity index (χ1) is 7.24. The summed E-state index contributed by atoms with van der Waals surface area (Å²) in [5.41, 5.74) is 0. The van der Waals surface area contributed by atoms with Gasteiger partial charge in [-0.15, -0.1) is 0 Å². The minimum Gasteiger partial charge on any atom is -0.342 e. The number of nitrogens with one attached hydrogen (secondary N) is 1. The summed E-state index contributed by atoms with van der Waals surface area (Å²) in [7, 11) is 0. The van der Waals surface area contributed by atoms with Crippen molar-refractivity contribution in [3.8, 4) is 0 Å². The van der Waals surface area contributed by atoms with Gasteiger partial charge in [0.1, 0.15) is 12.1 Å². The zero-order valence-electron chi connectivity index (χ0n) is 8.86. The molecule has 15 heavy (non-hydrogen) atoms. The van der Waals surface area contributed by atoms with Crippen molar-refractivity contribution < 1.29 is 9.59 Å². The molecule has 2 atom stereocenters. The first-order valence-electron chi connectivity index (χ1n) is 5.34. The lowest BCUT2D eigenvalue weighted by Crippen LogP contribution is -2.61. The molecule has 5 heteroatoms. The largest absolute Gasteiger partial charge is 0.342 e. The van der Waals surface area contributed by atoms with Crippen LogP contribution in [0.2, 0.25) is 0 Å². The molecule has 0 aromatic carbocycles. The van der Waals surface area contributed by atoms with Crippen LogP contribution in [-0.2, 0) is 9.59 Å². The van der Waals surface area contributed by atoms with Crippen molar-refractivity contribution in [1.82, 2.24) is 10.2 Å². The highest BCUT2D eigenvalue weighted by molar-refractivity contribution is 7.98. The van der Waals surface area contributed by atoms with Crippen molar-refractivity contribution in [3.05, 3.63) is 0 Å². The van der Waals surface area contributed by atoms with E-state index in [9.17, 15) is 9.59 Å². The zero-order chi connectivity index (χ0) is 10.8. The summed E-state index contributed by atoms with van der Waals surface area (Å²) in [5, 5.41) is 2.83. The molecule has 2 fully saturated rings.